The summed E-state index contributed by atoms with van der Waals surface area (Å²) in [6, 6.07) is 6.19. The molecule has 144 valence electrons. The van der Waals surface area contributed by atoms with Gasteiger partial charge < -0.3 is 9.30 Å². The van der Waals surface area contributed by atoms with Crippen molar-refractivity contribution in [3.63, 3.8) is 0 Å². The number of benzene rings is 1. The Kier molecular flexibility index (Phi) is 5.56. The second-order valence-corrected chi connectivity index (χ2v) is 8.22. The molecule has 3 rings (SSSR count). The fraction of sp³-hybridized carbons (Fsp3) is 0.312. The van der Waals surface area contributed by atoms with Crippen LogP contribution in [0.1, 0.15) is 17.4 Å². The molecule has 0 aliphatic carbocycles. The van der Waals surface area contributed by atoms with Crippen LogP contribution in [0, 0.1) is 0 Å². The van der Waals surface area contributed by atoms with Crippen LogP contribution in [0.4, 0.5) is 0 Å². The van der Waals surface area contributed by atoms with E-state index >= 15 is 0 Å². The molecule has 11 heteroatoms. The zero-order valence-corrected chi connectivity index (χ0v) is 16.5. The highest BCUT2D eigenvalue weighted by Crippen LogP contribution is 2.21. The SMILES string of the molecule is CCn1nccc1C(=O)N=c1sc2cc(S(N)(=O)=O)ccc2n1CCOC. The first-order valence-electron chi connectivity index (χ1n) is 8.11. The van der Waals surface area contributed by atoms with E-state index in [4.69, 9.17) is 9.88 Å². The van der Waals surface area contributed by atoms with Gasteiger partial charge in [0, 0.05) is 26.4 Å². The van der Waals surface area contributed by atoms with Crippen molar-refractivity contribution in [3.05, 3.63) is 41.0 Å². The van der Waals surface area contributed by atoms with Gasteiger partial charge in [0.15, 0.2) is 4.80 Å². The van der Waals surface area contributed by atoms with Crippen molar-refractivity contribution < 1.29 is 17.9 Å². The van der Waals surface area contributed by atoms with Gasteiger partial charge in [-0.1, -0.05) is 11.3 Å². The Morgan fingerprint density at radius 3 is 2.81 bits per heavy atom. The average molecular weight is 409 g/mol. The molecule has 0 saturated heterocycles. The predicted octanol–water partition coefficient (Wildman–Crippen LogP) is 0.954. The van der Waals surface area contributed by atoms with Gasteiger partial charge in [-0.25, -0.2) is 13.6 Å². The van der Waals surface area contributed by atoms with Crippen LogP contribution in [0.3, 0.4) is 0 Å². The smallest absolute Gasteiger partial charge is 0.297 e. The number of aromatic nitrogens is 3. The molecule has 27 heavy (non-hydrogen) atoms. The maximum Gasteiger partial charge on any atom is 0.297 e. The van der Waals surface area contributed by atoms with Crippen LogP contribution in [0.2, 0.25) is 0 Å². The first-order chi connectivity index (χ1) is 12.8. The first-order valence-corrected chi connectivity index (χ1v) is 10.5. The summed E-state index contributed by atoms with van der Waals surface area (Å²) >= 11 is 1.21. The average Bonchev–Trinajstić information content (AvgIpc) is 3.22. The van der Waals surface area contributed by atoms with Gasteiger partial charge in [0.05, 0.1) is 21.7 Å². The van der Waals surface area contributed by atoms with E-state index in [-0.39, 0.29) is 4.90 Å². The maximum absolute atomic E-state index is 12.6. The number of sulfonamides is 1. The molecular weight excluding hydrogens is 390 g/mol. The van der Waals surface area contributed by atoms with Gasteiger partial charge in [0.1, 0.15) is 5.69 Å². The van der Waals surface area contributed by atoms with Crippen molar-refractivity contribution in [2.24, 2.45) is 10.1 Å². The van der Waals surface area contributed by atoms with Crippen LogP contribution in [0.5, 0.6) is 0 Å². The van der Waals surface area contributed by atoms with Crippen molar-refractivity contribution >= 4 is 37.5 Å². The van der Waals surface area contributed by atoms with Crippen molar-refractivity contribution in [1.29, 1.82) is 0 Å². The molecule has 1 aromatic carbocycles. The Bertz CT molecular complexity index is 1160. The van der Waals surface area contributed by atoms with E-state index in [9.17, 15) is 13.2 Å². The molecule has 0 spiro atoms. The van der Waals surface area contributed by atoms with Crippen LogP contribution in [-0.4, -0.2) is 42.4 Å². The lowest BCUT2D eigenvalue weighted by molar-refractivity contribution is 0.0987. The fourth-order valence-electron chi connectivity index (χ4n) is 2.62. The highest BCUT2D eigenvalue weighted by molar-refractivity contribution is 7.89. The van der Waals surface area contributed by atoms with Crippen molar-refractivity contribution in [2.45, 2.75) is 24.9 Å². The third-order valence-electron chi connectivity index (χ3n) is 3.93. The van der Waals surface area contributed by atoms with Gasteiger partial charge in [0.25, 0.3) is 5.91 Å². The molecule has 0 radical (unpaired) electrons. The predicted molar refractivity (Wildman–Crippen MR) is 101 cm³/mol. The third kappa shape index (κ3) is 4.00. The normalized spacial score (nSPS) is 12.8. The lowest BCUT2D eigenvalue weighted by Gasteiger charge is -2.05. The zero-order chi connectivity index (χ0) is 19.6. The van der Waals surface area contributed by atoms with Gasteiger partial charge >= 0.3 is 0 Å². The van der Waals surface area contributed by atoms with E-state index in [1.54, 1.807) is 30.1 Å². The van der Waals surface area contributed by atoms with E-state index in [1.165, 1.54) is 23.5 Å². The number of ether oxygens (including phenoxy) is 1. The first kappa shape index (κ1) is 19.4. The van der Waals surface area contributed by atoms with E-state index in [0.29, 0.717) is 34.9 Å². The van der Waals surface area contributed by atoms with Gasteiger partial charge in [-0.3, -0.25) is 9.48 Å². The standard InChI is InChI=1S/C16H19N5O4S2/c1-3-21-13(6-7-18-21)15(22)19-16-20(8-9-25-2)12-5-4-11(27(17,23)24)10-14(12)26-16/h4-7,10H,3,8-9H2,1-2H3,(H2,17,23,24). The number of fused-ring (bicyclic) bond motifs is 1. The highest BCUT2D eigenvalue weighted by Gasteiger charge is 2.15. The topological polar surface area (TPSA) is 122 Å². The summed E-state index contributed by atoms with van der Waals surface area (Å²) in [5.41, 5.74) is 1.14. The van der Waals surface area contributed by atoms with Crippen LogP contribution >= 0.6 is 11.3 Å². The molecule has 0 fully saturated rings. The lowest BCUT2D eigenvalue weighted by Crippen LogP contribution is -2.20. The number of nitrogens with two attached hydrogens (primary N) is 1. The molecule has 0 aliphatic rings. The molecule has 3 aromatic rings. The summed E-state index contributed by atoms with van der Waals surface area (Å²) in [6.07, 6.45) is 1.55. The highest BCUT2D eigenvalue weighted by atomic mass is 32.2. The van der Waals surface area contributed by atoms with Crippen LogP contribution in [0.15, 0.2) is 40.4 Å². The van der Waals surface area contributed by atoms with Gasteiger partial charge in [-0.2, -0.15) is 10.1 Å². The number of hydrogen-bond acceptors (Lipinski definition) is 6. The van der Waals surface area contributed by atoms with Gasteiger partial charge in [-0.15, -0.1) is 0 Å². The molecule has 9 nitrogen and oxygen atoms in total. The summed E-state index contributed by atoms with van der Waals surface area (Å²) in [6.45, 7) is 3.32. The van der Waals surface area contributed by atoms with Crippen molar-refractivity contribution in [1.82, 2.24) is 14.3 Å². The second-order valence-electron chi connectivity index (χ2n) is 5.65. The van der Waals surface area contributed by atoms with Crippen LogP contribution in [0.25, 0.3) is 10.2 Å². The van der Waals surface area contributed by atoms with Crippen LogP contribution < -0.4 is 9.94 Å². The lowest BCUT2D eigenvalue weighted by atomic mass is 10.3. The van der Waals surface area contributed by atoms with E-state index in [1.807, 2.05) is 11.5 Å². The maximum atomic E-state index is 12.6. The van der Waals surface area contributed by atoms with E-state index in [2.05, 4.69) is 10.1 Å². The number of carbonyl (C=O) groups excluding carboxylic acids is 1. The second kappa shape index (κ2) is 7.72. The Labute approximate surface area is 159 Å². The third-order valence-corrected chi connectivity index (χ3v) is 5.89. The summed E-state index contributed by atoms with van der Waals surface area (Å²) in [7, 11) is -2.24. The number of hydrogen-bond donors (Lipinski definition) is 1. The molecule has 1 amide bonds. The largest absolute Gasteiger partial charge is 0.383 e. The van der Waals surface area contributed by atoms with Gasteiger partial charge in [0.2, 0.25) is 10.0 Å². The summed E-state index contributed by atoms with van der Waals surface area (Å²) in [5.74, 6) is -0.418. The number of methoxy groups -OCH3 is 1. The number of amides is 1. The monoisotopic (exact) mass is 409 g/mol. The van der Waals surface area contributed by atoms with Crippen LogP contribution in [-0.2, 0) is 27.8 Å². The minimum atomic E-state index is -3.82. The molecule has 0 saturated carbocycles. The number of rotatable bonds is 6. The summed E-state index contributed by atoms with van der Waals surface area (Å²) in [4.78, 5) is 17.3. The number of primary sulfonamides is 1. The molecule has 0 atom stereocenters. The minimum Gasteiger partial charge on any atom is -0.383 e. The Hall–Kier alpha value is -2.34. The van der Waals surface area contributed by atoms with Gasteiger partial charge in [-0.05, 0) is 31.2 Å². The molecule has 2 N–H and O–H groups in total. The van der Waals surface area contributed by atoms with Crippen molar-refractivity contribution in [3.8, 4) is 0 Å². The Balaban J connectivity index is 2.16. The number of carbonyl (C=O) groups is 1. The molecule has 2 heterocycles. The minimum absolute atomic E-state index is 0.0112. The Morgan fingerprint density at radius 2 is 2.15 bits per heavy atom. The van der Waals surface area contributed by atoms with E-state index in [0.717, 1.165) is 5.52 Å². The summed E-state index contributed by atoms with van der Waals surface area (Å²) in [5, 5.41) is 9.30. The molecule has 0 aliphatic heterocycles. The number of aryl methyl sites for hydroxylation is 1. The van der Waals surface area contributed by atoms with Crippen molar-refractivity contribution in [2.75, 3.05) is 13.7 Å². The number of thiazole rings is 1. The Morgan fingerprint density at radius 1 is 1.37 bits per heavy atom. The fourth-order valence-corrected chi connectivity index (χ4v) is 4.33. The molecule has 2 aromatic heterocycles. The quantitative estimate of drug-likeness (QED) is 0.650. The number of nitrogens with zero attached hydrogens (tertiary/aromatic N) is 4. The molecule has 0 bridgehead atoms. The zero-order valence-electron chi connectivity index (χ0n) is 14.8. The summed E-state index contributed by atoms with van der Waals surface area (Å²) < 4.78 is 32.4. The van der Waals surface area contributed by atoms with E-state index < -0.39 is 15.9 Å². The molecule has 0 unspecified atom stereocenters. The molecular formula is C16H19N5O4S2.